The topological polar surface area (TPSA) is 88.4 Å². The lowest BCUT2D eigenvalue weighted by Gasteiger charge is -2.62. The highest BCUT2D eigenvalue weighted by Gasteiger charge is 2.58. The molecule has 0 saturated heterocycles. The summed E-state index contributed by atoms with van der Waals surface area (Å²) in [6.07, 6.45) is 9.54. The van der Waals surface area contributed by atoms with E-state index >= 15 is 0 Å². The molecular weight excluding hydrogens is 402 g/mol. The lowest BCUT2D eigenvalue weighted by Crippen LogP contribution is -2.69. The van der Waals surface area contributed by atoms with Gasteiger partial charge in [0.2, 0.25) is 0 Å². The molecule has 0 aliphatic heterocycles. The predicted octanol–water partition coefficient (Wildman–Crippen LogP) is 3.29. The molecule has 32 heavy (non-hydrogen) atoms. The van der Waals surface area contributed by atoms with Crippen molar-refractivity contribution in [2.24, 2.45) is 11.8 Å². The first-order valence-corrected chi connectivity index (χ1v) is 11.4. The number of fused-ring (bicyclic) bond motifs is 1. The van der Waals surface area contributed by atoms with Crippen LogP contribution in [0.15, 0.2) is 48.8 Å². The molecule has 4 bridgehead atoms. The summed E-state index contributed by atoms with van der Waals surface area (Å²) in [6, 6.07) is 11.3. The number of carbonyl (C=O) groups excluding carboxylic acids is 2. The highest BCUT2D eigenvalue weighted by molar-refractivity contribution is 5.94. The molecule has 3 aromatic rings. The molecule has 7 rings (SSSR count). The van der Waals surface area contributed by atoms with Gasteiger partial charge in [-0.05, 0) is 81.5 Å². The Bertz CT molecular complexity index is 1180. The first kappa shape index (κ1) is 19.5. The van der Waals surface area contributed by atoms with Crippen molar-refractivity contribution >= 4 is 17.5 Å². The van der Waals surface area contributed by atoms with E-state index in [0.29, 0.717) is 23.2 Å². The number of nitrogens with zero attached hydrogens (tertiary/aromatic N) is 3. The molecule has 164 valence electrons. The largest absolute Gasteiger partial charge is 0.345 e. The Balaban J connectivity index is 1.25. The zero-order valence-electron chi connectivity index (χ0n) is 18.2. The van der Waals surface area contributed by atoms with Crippen LogP contribution in [0, 0.1) is 18.8 Å². The molecule has 4 fully saturated rings. The van der Waals surface area contributed by atoms with E-state index < -0.39 is 0 Å². The molecule has 3 heterocycles. The summed E-state index contributed by atoms with van der Waals surface area (Å²) < 4.78 is 1.87. The van der Waals surface area contributed by atoms with Gasteiger partial charge in [0.05, 0.1) is 0 Å². The molecule has 4 aliphatic rings. The van der Waals surface area contributed by atoms with Crippen molar-refractivity contribution in [2.75, 3.05) is 0 Å². The highest BCUT2D eigenvalue weighted by atomic mass is 16.2. The number of rotatable bonds is 4. The van der Waals surface area contributed by atoms with Gasteiger partial charge in [0, 0.05) is 29.2 Å². The van der Waals surface area contributed by atoms with E-state index in [1.807, 2.05) is 47.9 Å². The van der Waals surface area contributed by atoms with Crippen LogP contribution in [0.25, 0.3) is 5.65 Å². The number of aromatic nitrogens is 3. The van der Waals surface area contributed by atoms with Gasteiger partial charge < -0.3 is 15.0 Å². The second kappa shape index (κ2) is 6.89. The summed E-state index contributed by atoms with van der Waals surface area (Å²) in [7, 11) is 0. The van der Waals surface area contributed by atoms with Crippen molar-refractivity contribution < 1.29 is 9.59 Å². The molecule has 4 aliphatic carbocycles. The number of aryl methyl sites for hydroxylation is 1. The van der Waals surface area contributed by atoms with Crippen LogP contribution in [0.1, 0.15) is 65.2 Å². The highest BCUT2D eigenvalue weighted by Crippen LogP contribution is 2.57. The van der Waals surface area contributed by atoms with Gasteiger partial charge in [-0.25, -0.2) is 9.97 Å². The van der Waals surface area contributed by atoms with E-state index in [4.69, 9.17) is 0 Å². The van der Waals surface area contributed by atoms with Gasteiger partial charge >= 0.3 is 0 Å². The molecule has 2 amide bonds. The summed E-state index contributed by atoms with van der Waals surface area (Å²) >= 11 is 0. The molecule has 3 aromatic heterocycles. The fraction of sp³-hybridized carbons (Fsp3) is 0.440. The second-order valence-corrected chi connectivity index (χ2v) is 10.2. The zero-order valence-corrected chi connectivity index (χ0v) is 18.2. The van der Waals surface area contributed by atoms with E-state index in [-0.39, 0.29) is 22.9 Å². The fourth-order valence-corrected chi connectivity index (χ4v) is 6.88. The standard InChI is InChI=1S/C25H27N5O2/c1-16-5-4-6-19(26-16)22(31)28-24-10-17-9-18(11-24)13-25(12-17,15-24)29-23(32)20-14-30-8-3-2-7-21(30)27-20/h2-8,14,17-18H,9-13,15H2,1H3,(H,28,31)(H,29,32). The molecule has 0 aromatic carbocycles. The maximum Gasteiger partial charge on any atom is 0.271 e. The maximum atomic E-state index is 13.2. The van der Waals surface area contributed by atoms with Crippen molar-refractivity contribution in [2.45, 2.75) is 56.5 Å². The Kier molecular flexibility index (Phi) is 4.19. The lowest BCUT2D eigenvalue weighted by molar-refractivity contribution is -0.0449. The van der Waals surface area contributed by atoms with Gasteiger partial charge in [-0.3, -0.25) is 9.59 Å². The molecule has 7 heteroatoms. The van der Waals surface area contributed by atoms with Crippen LogP contribution in [0.5, 0.6) is 0 Å². The number of pyridine rings is 2. The quantitative estimate of drug-likeness (QED) is 0.666. The molecule has 2 N–H and O–H groups in total. The van der Waals surface area contributed by atoms with Crippen LogP contribution >= 0.6 is 0 Å². The van der Waals surface area contributed by atoms with Crippen molar-refractivity contribution in [1.29, 1.82) is 0 Å². The van der Waals surface area contributed by atoms with Crippen molar-refractivity contribution in [3.05, 3.63) is 65.9 Å². The Morgan fingerprint density at radius 1 is 0.906 bits per heavy atom. The van der Waals surface area contributed by atoms with Crippen molar-refractivity contribution in [3.63, 3.8) is 0 Å². The molecule has 2 atom stereocenters. The predicted molar refractivity (Wildman–Crippen MR) is 119 cm³/mol. The Labute approximate surface area is 186 Å². The molecule has 4 saturated carbocycles. The number of hydrogen-bond donors (Lipinski definition) is 2. The van der Waals surface area contributed by atoms with Gasteiger partial charge in [-0.15, -0.1) is 0 Å². The third-order valence-electron chi connectivity index (χ3n) is 7.54. The number of nitrogens with one attached hydrogen (secondary N) is 2. The average Bonchev–Trinajstić information content (AvgIpc) is 3.17. The van der Waals surface area contributed by atoms with Gasteiger partial charge in [-0.1, -0.05) is 12.1 Å². The number of imidazole rings is 1. The third-order valence-corrected chi connectivity index (χ3v) is 7.54. The monoisotopic (exact) mass is 429 g/mol. The maximum absolute atomic E-state index is 13.2. The minimum absolute atomic E-state index is 0.113. The van der Waals surface area contributed by atoms with Gasteiger partial charge in [0.1, 0.15) is 17.0 Å². The first-order chi connectivity index (χ1) is 15.4. The summed E-state index contributed by atoms with van der Waals surface area (Å²) in [5.41, 5.74) is 1.93. The molecule has 2 unspecified atom stereocenters. The Hall–Kier alpha value is -3.22. The molecule has 0 spiro atoms. The van der Waals surface area contributed by atoms with Crippen LogP contribution in [-0.4, -0.2) is 37.3 Å². The number of hydrogen-bond acceptors (Lipinski definition) is 4. The fourth-order valence-electron chi connectivity index (χ4n) is 6.88. The zero-order chi connectivity index (χ0) is 21.9. The van der Waals surface area contributed by atoms with Crippen molar-refractivity contribution in [3.8, 4) is 0 Å². The SMILES string of the molecule is Cc1cccc(C(=O)NC23CC4CC(C2)CC(NC(=O)c2cn5ccccc5n2)(C4)C3)n1. The van der Waals surface area contributed by atoms with Crippen LogP contribution in [-0.2, 0) is 0 Å². The van der Waals surface area contributed by atoms with Gasteiger partial charge in [0.15, 0.2) is 0 Å². The minimum atomic E-state index is -0.287. The molecular formula is C25H27N5O2. The summed E-state index contributed by atoms with van der Waals surface area (Å²) in [6.45, 7) is 1.89. The van der Waals surface area contributed by atoms with E-state index in [0.717, 1.165) is 43.4 Å². The minimum Gasteiger partial charge on any atom is -0.345 e. The lowest BCUT2D eigenvalue weighted by atomic mass is 9.49. The van der Waals surface area contributed by atoms with E-state index in [9.17, 15) is 9.59 Å². The van der Waals surface area contributed by atoms with E-state index in [1.54, 1.807) is 12.3 Å². The third kappa shape index (κ3) is 3.27. The summed E-state index contributed by atoms with van der Waals surface area (Å²) in [5, 5.41) is 6.72. The Morgan fingerprint density at radius 3 is 2.25 bits per heavy atom. The van der Waals surface area contributed by atoms with Crippen LogP contribution in [0.4, 0.5) is 0 Å². The summed E-state index contributed by atoms with van der Waals surface area (Å²) in [4.78, 5) is 35.2. The Morgan fingerprint density at radius 2 is 1.59 bits per heavy atom. The van der Waals surface area contributed by atoms with Crippen LogP contribution < -0.4 is 10.6 Å². The van der Waals surface area contributed by atoms with Crippen LogP contribution in [0.3, 0.4) is 0 Å². The summed E-state index contributed by atoms with van der Waals surface area (Å²) in [5.74, 6) is 0.793. The molecule has 0 radical (unpaired) electrons. The second-order valence-electron chi connectivity index (χ2n) is 10.2. The average molecular weight is 430 g/mol. The first-order valence-electron chi connectivity index (χ1n) is 11.4. The van der Waals surface area contributed by atoms with Crippen molar-refractivity contribution in [1.82, 2.24) is 25.0 Å². The molecule has 7 nitrogen and oxygen atoms in total. The number of amides is 2. The van der Waals surface area contributed by atoms with Gasteiger partial charge in [-0.2, -0.15) is 0 Å². The van der Waals surface area contributed by atoms with E-state index in [2.05, 4.69) is 20.6 Å². The van der Waals surface area contributed by atoms with Crippen LogP contribution in [0.2, 0.25) is 0 Å². The smallest absolute Gasteiger partial charge is 0.271 e. The van der Waals surface area contributed by atoms with E-state index in [1.165, 1.54) is 6.42 Å². The van der Waals surface area contributed by atoms with Gasteiger partial charge in [0.25, 0.3) is 11.8 Å². The number of carbonyl (C=O) groups is 2. The normalized spacial score (nSPS) is 30.4.